The van der Waals surface area contributed by atoms with E-state index in [1.165, 1.54) is 23.1 Å². The van der Waals surface area contributed by atoms with Crippen LogP contribution in [0.1, 0.15) is 32.3 Å². The minimum atomic E-state index is -0.750. The molecule has 2 rings (SSSR count). The number of benzene rings is 1. The van der Waals surface area contributed by atoms with Crippen molar-refractivity contribution < 1.29 is 14.0 Å². The molecule has 0 aromatic heterocycles. The molecule has 1 aromatic rings. The van der Waals surface area contributed by atoms with Crippen LogP contribution in [-0.4, -0.2) is 28.8 Å². The molecular formula is C15H16FN3O2. The fraction of sp³-hybridized carbons (Fsp3) is 0.400. The monoisotopic (exact) mass is 289 g/mol. The Balaban J connectivity index is 2.23. The van der Waals surface area contributed by atoms with E-state index in [2.05, 4.69) is 5.32 Å². The fourth-order valence-corrected chi connectivity index (χ4v) is 2.36. The Bertz CT molecular complexity index is 624. The summed E-state index contributed by atoms with van der Waals surface area (Å²) >= 11 is 0. The smallest absolute Gasteiger partial charge is 0.252 e. The van der Waals surface area contributed by atoms with E-state index in [-0.39, 0.29) is 35.5 Å². The van der Waals surface area contributed by atoms with Gasteiger partial charge in [0, 0.05) is 6.04 Å². The van der Waals surface area contributed by atoms with E-state index in [9.17, 15) is 14.0 Å². The van der Waals surface area contributed by atoms with Crippen LogP contribution in [0.2, 0.25) is 0 Å². The van der Waals surface area contributed by atoms with E-state index in [0.29, 0.717) is 6.42 Å². The maximum Gasteiger partial charge on any atom is 0.252 e. The van der Waals surface area contributed by atoms with Crippen LogP contribution in [0.5, 0.6) is 0 Å². The zero-order chi connectivity index (χ0) is 15.6. The second-order valence-electron chi connectivity index (χ2n) is 5.03. The topological polar surface area (TPSA) is 73.2 Å². The molecule has 1 N–H and O–H groups in total. The van der Waals surface area contributed by atoms with Gasteiger partial charge in [0.05, 0.1) is 12.1 Å². The molecule has 1 fully saturated rings. The summed E-state index contributed by atoms with van der Waals surface area (Å²) < 4.78 is 13.5. The van der Waals surface area contributed by atoms with Gasteiger partial charge >= 0.3 is 0 Å². The van der Waals surface area contributed by atoms with Gasteiger partial charge in [0.15, 0.2) is 0 Å². The highest BCUT2D eigenvalue weighted by Crippen LogP contribution is 2.24. The molecule has 2 unspecified atom stereocenters. The summed E-state index contributed by atoms with van der Waals surface area (Å²) in [5.41, 5.74) is 0.0781. The van der Waals surface area contributed by atoms with E-state index in [0.717, 1.165) is 0 Å². The summed E-state index contributed by atoms with van der Waals surface area (Å²) in [6, 6.07) is 4.99. The number of amides is 2. The summed E-state index contributed by atoms with van der Waals surface area (Å²) in [6.45, 7) is 3.70. The van der Waals surface area contributed by atoms with Crippen molar-refractivity contribution in [3.05, 3.63) is 29.6 Å². The van der Waals surface area contributed by atoms with Gasteiger partial charge in [-0.05, 0) is 25.5 Å². The molecule has 2 amide bonds. The van der Waals surface area contributed by atoms with Gasteiger partial charge in [-0.25, -0.2) is 4.39 Å². The van der Waals surface area contributed by atoms with Crippen LogP contribution in [-0.2, 0) is 9.59 Å². The maximum absolute atomic E-state index is 13.5. The van der Waals surface area contributed by atoms with Crippen LogP contribution in [0.4, 0.5) is 10.1 Å². The maximum atomic E-state index is 13.5. The zero-order valence-electron chi connectivity index (χ0n) is 11.9. The van der Waals surface area contributed by atoms with Crippen molar-refractivity contribution in [2.75, 3.05) is 5.32 Å². The minimum Gasteiger partial charge on any atom is -0.372 e. The molecule has 1 aliphatic heterocycles. The molecule has 0 spiro atoms. The SMILES string of the molecule is CCC(C)N1C(=O)CC(Nc2cccc(F)c2C#N)C1=O. The van der Waals surface area contributed by atoms with Gasteiger partial charge in [-0.3, -0.25) is 14.5 Å². The summed E-state index contributed by atoms with van der Waals surface area (Å²) in [7, 11) is 0. The number of carbonyl (C=O) groups is 2. The Morgan fingerprint density at radius 2 is 2.24 bits per heavy atom. The first-order valence-electron chi connectivity index (χ1n) is 6.80. The first-order valence-corrected chi connectivity index (χ1v) is 6.80. The van der Waals surface area contributed by atoms with E-state index in [1.807, 2.05) is 6.92 Å². The van der Waals surface area contributed by atoms with Crippen molar-refractivity contribution in [3.8, 4) is 6.07 Å². The first kappa shape index (κ1) is 15.0. The number of anilines is 1. The van der Waals surface area contributed by atoms with Gasteiger partial charge < -0.3 is 5.32 Å². The van der Waals surface area contributed by atoms with Gasteiger partial charge in [0.1, 0.15) is 23.5 Å². The third-order valence-corrected chi connectivity index (χ3v) is 3.67. The molecule has 5 nitrogen and oxygen atoms in total. The summed E-state index contributed by atoms with van der Waals surface area (Å²) in [4.78, 5) is 25.4. The molecule has 0 saturated carbocycles. The van der Waals surface area contributed by atoms with Gasteiger partial charge in [0.2, 0.25) is 5.91 Å². The summed E-state index contributed by atoms with van der Waals surface area (Å²) in [5, 5.41) is 11.8. The molecule has 0 bridgehead atoms. The number of carbonyl (C=O) groups excluding carboxylic acids is 2. The highest BCUT2D eigenvalue weighted by atomic mass is 19.1. The lowest BCUT2D eigenvalue weighted by Crippen LogP contribution is -2.40. The largest absolute Gasteiger partial charge is 0.372 e. The highest BCUT2D eigenvalue weighted by molar-refractivity contribution is 6.07. The van der Waals surface area contributed by atoms with Crippen LogP contribution in [0.25, 0.3) is 0 Å². The minimum absolute atomic E-state index is 0.0184. The number of halogens is 1. The Morgan fingerprint density at radius 1 is 1.52 bits per heavy atom. The Kier molecular flexibility index (Phi) is 4.22. The van der Waals surface area contributed by atoms with E-state index in [1.54, 1.807) is 13.0 Å². The van der Waals surface area contributed by atoms with E-state index < -0.39 is 11.9 Å². The average molecular weight is 289 g/mol. The molecule has 110 valence electrons. The number of nitriles is 1. The molecule has 0 aliphatic carbocycles. The number of rotatable bonds is 4. The first-order chi connectivity index (χ1) is 9.99. The molecular weight excluding hydrogens is 273 g/mol. The highest BCUT2D eigenvalue weighted by Gasteiger charge is 2.40. The van der Waals surface area contributed by atoms with Crippen molar-refractivity contribution in [1.29, 1.82) is 5.26 Å². The molecule has 1 aliphatic rings. The average Bonchev–Trinajstić information content (AvgIpc) is 2.73. The van der Waals surface area contributed by atoms with Gasteiger partial charge in [0.25, 0.3) is 5.91 Å². The Hall–Kier alpha value is -2.42. The molecule has 21 heavy (non-hydrogen) atoms. The predicted molar refractivity (Wildman–Crippen MR) is 74.7 cm³/mol. The second-order valence-corrected chi connectivity index (χ2v) is 5.03. The van der Waals surface area contributed by atoms with Gasteiger partial charge in [-0.2, -0.15) is 5.26 Å². The van der Waals surface area contributed by atoms with Crippen molar-refractivity contribution in [2.45, 2.75) is 38.8 Å². The summed E-state index contributed by atoms with van der Waals surface area (Å²) in [6.07, 6.45) is 0.693. The fourth-order valence-electron chi connectivity index (χ4n) is 2.36. The van der Waals surface area contributed by atoms with Crippen LogP contribution in [0, 0.1) is 17.1 Å². The lowest BCUT2D eigenvalue weighted by Gasteiger charge is -2.22. The van der Waals surface area contributed by atoms with Gasteiger partial charge in [-0.15, -0.1) is 0 Å². The van der Waals surface area contributed by atoms with Crippen LogP contribution in [0.3, 0.4) is 0 Å². The quantitative estimate of drug-likeness (QED) is 0.861. The molecule has 6 heteroatoms. The van der Waals surface area contributed by atoms with Crippen molar-refractivity contribution >= 4 is 17.5 Å². The third kappa shape index (κ3) is 2.72. The van der Waals surface area contributed by atoms with Crippen molar-refractivity contribution in [2.24, 2.45) is 0 Å². The lowest BCUT2D eigenvalue weighted by molar-refractivity contribution is -0.140. The van der Waals surface area contributed by atoms with Crippen LogP contribution in [0.15, 0.2) is 18.2 Å². The van der Waals surface area contributed by atoms with Crippen molar-refractivity contribution in [1.82, 2.24) is 4.90 Å². The molecule has 1 aromatic carbocycles. The normalized spacial score (nSPS) is 19.5. The standard InChI is InChI=1S/C15H16FN3O2/c1-3-9(2)19-14(20)7-13(15(19)21)18-12-6-4-5-11(16)10(12)8-17/h4-6,9,13,18H,3,7H2,1-2H3. The predicted octanol–water partition coefficient (Wildman–Crippen LogP) is 2.04. The Morgan fingerprint density at radius 3 is 2.86 bits per heavy atom. The molecule has 1 heterocycles. The Labute approximate surface area is 122 Å². The van der Waals surface area contributed by atoms with E-state index in [4.69, 9.17) is 5.26 Å². The van der Waals surface area contributed by atoms with E-state index >= 15 is 0 Å². The van der Waals surface area contributed by atoms with Crippen molar-refractivity contribution in [3.63, 3.8) is 0 Å². The number of hydrogen-bond acceptors (Lipinski definition) is 4. The molecule has 0 radical (unpaired) electrons. The molecule has 1 saturated heterocycles. The second kappa shape index (κ2) is 5.92. The molecule has 2 atom stereocenters. The zero-order valence-corrected chi connectivity index (χ0v) is 11.9. The number of imide groups is 1. The van der Waals surface area contributed by atoms with Gasteiger partial charge in [-0.1, -0.05) is 13.0 Å². The number of hydrogen-bond donors (Lipinski definition) is 1. The summed E-state index contributed by atoms with van der Waals surface area (Å²) in [5.74, 6) is -1.23. The number of nitrogens with one attached hydrogen (secondary N) is 1. The number of likely N-dealkylation sites (tertiary alicyclic amines) is 1. The lowest BCUT2D eigenvalue weighted by atomic mass is 10.1. The third-order valence-electron chi connectivity index (χ3n) is 3.67. The van der Waals surface area contributed by atoms with Crippen LogP contribution < -0.4 is 5.32 Å². The van der Waals surface area contributed by atoms with Crippen LogP contribution >= 0.6 is 0 Å². The number of nitrogens with zero attached hydrogens (tertiary/aromatic N) is 2.